The number of fused-ring (bicyclic) bond motifs is 1. The quantitative estimate of drug-likeness (QED) is 0.484. The molecule has 1 saturated carbocycles. The molecule has 0 saturated heterocycles. The van der Waals surface area contributed by atoms with E-state index in [0.29, 0.717) is 39.8 Å². The van der Waals surface area contributed by atoms with Crippen LogP contribution in [-0.4, -0.2) is 32.9 Å². The Morgan fingerprint density at radius 3 is 2.81 bits per heavy atom. The van der Waals surface area contributed by atoms with Gasteiger partial charge in [-0.25, -0.2) is 4.98 Å². The van der Waals surface area contributed by atoms with Crippen LogP contribution in [0.25, 0.3) is 22.4 Å². The number of rotatable bonds is 6. The number of methoxy groups -OCH3 is 1. The molecule has 1 aliphatic rings. The lowest BCUT2D eigenvalue weighted by molar-refractivity contribution is 0.102. The maximum absolute atomic E-state index is 13.3. The van der Waals surface area contributed by atoms with E-state index < -0.39 is 0 Å². The molecule has 0 spiro atoms. The summed E-state index contributed by atoms with van der Waals surface area (Å²) in [6.45, 7) is 4.06. The van der Waals surface area contributed by atoms with Gasteiger partial charge in [-0.1, -0.05) is 17.3 Å². The Kier molecular flexibility index (Phi) is 4.69. The molecule has 1 fully saturated rings. The first-order valence-electron chi connectivity index (χ1n) is 10.3. The van der Waals surface area contributed by atoms with E-state index in [1.165, 1.54) is 0 Å². The molecule has 0 unspecified atom stereocenters. The zero-order valence-corrected chi connectivity index (χ0v) is 17.6. The Labute approximate surface area is 179 Å². The molecule has 0 atom stereocenters. The highest BCUT2D eigenvalue weighted by molar-refractivity contribution is 6.14. The van der Waals surface area contributed by atoms with Gasteiger partial charge in [0.25, 0.3) is 11.6 Å². The van der Waals surface area contributed by atoms with Crippen molar-refractivity contribution in [3.63, 3.8) is 0 Å². The molecule has 8 nitrogen and oxygen atoms in total. The first-order chi connectivity index (χ1) is 15.0. The van der Waals surface area contributed by atoms with Crippen LogP contribution in [0.1, 0.15) is 54.7 Å². The number of anilines is 1. The summed E-state index contributed by atoms with van der Waals surface area (Å²) in [4.78, 5) is 18.0. The van der Waals surface area contributed by atoms with Crippen LogP contribution in [0.2, 0.25) is 0 Å². The second-order valence-electron chi connectivity index (χ2n) is 8.04. The number of amides is 1. The molecule has 5 rings (SSSR count). The summed E-state index contributed by atoms with van der Waals surface area (Å²) in [6.07, 6.45) is 3.98. The van der Waals surface area contributed by atoms with Crippen molar-refractivity contribution in [1.29, 1.82) is 0 Å². The highest BCUT2D eigenvalue weighted by Gasteiger charge is 2.29. The number of nitrogens with one attached hydrogen (secondary N) is 1. The minimum Gasteiger partial charge on any atom is -0.497 e. The molecule has 158 valence electrons. The zero-order chi connectivity index (χ0) is 21.5. The number of nitrogens with zero attached hydrogens (tertiary/aromatic N) is 4. The number of benzene rings is 1. The Morgan fingerprint density at radius 1 is 1.26 bits per heavy atom. The summed E-state index contributed by atoms with van der Waals surface area (Å²) in [5.74, 6) is 1.29. The number of carbonyl (C=O) groups is 1. The van der Waals surface area contributed by atoms with Crippen LogP contribution in [0.5, 0.6) is 5.75 Å². The SMILES string of the molecule is COc1cccc(-c2noc3nc(C4CC4)cc(C(=O)Nc4ccn(C(C)C)n4)c23)c1. The van der Waals surface area contributed by atoms with E-state index in [0.717, 1.165) is 24.1 Å². The Bertz CT molecular complexity index is 1270. The van der Waals surface area contributed by atoms with E-state index in [4.69, 9.17) is 9.26 Å². The van der Waals surface area contributed by atoms with E-state index in [9.17, 15) is 4.79 Å². The summed E-state index contributed by atoms with van der Waals surface area (Å²) < 4.78 is 12.7. The van der Waals surface area contributed by atoms with Crippen molar-refractivity contribution in [3.8, 4) is 17.0 Å². The summed E-state index contributed by atoms with van der Waals surface area (Å²) in [5, 5.41) is 12.2. The third-order valence-corrected chi connectivity index (χ3v) is 5.43. The molecular weight excluding hydrogens is 394 g/mol. The first kappa shape index (κ1) is 19.3. The minimum absolute atomic E-state index is 0.206. The van der Waals surface area contributed by atoms with E-state index in [1.807, 2.05) is 50.4 Å². The van der Waals surface area contributed by atoms with Crippen molar-refractivity contribution in [2.75, 3.05) is 12.4 Å². The van der Waals surface area contributed by atoms with Gasteiger partial charge in [0, 0.05) is 35.5 Å². The van der Waals surface area contributed by atoms with Crippen molar-refractivity contribution < 1.29 is 14.1 Å². The fourth-order valence-corrected chi connectivity index (χ4v) is 3.58. The molecule has 4 aromatic rings. The number of carbonyl (C=O) groups excluding carboxylic acids is 1. The third-order valence-electron chi connectivity index (χ3n) is 5.43. The van der Waals surface area contributed by atoms with Crippen molar-refractivity contribution in [2.24, 2.45) is 0 Å². The first-order valence-corrected chi connectivity index (χ1v) is 10.3. The molecular formula is C23H23N5O3. The average Bonchev–Trinajstić information content (AvgIpc) is 3.37. The van der Waals surface area contributed by atoms with Crippen LogP contribution < -0.4 is 10.1 Å². The summed E-state index contributed by atoms with van der Waals surface area (Å²) in [5.41, 5.74) is 3.04. The molecule has 1 amide bonds. The standard InChI is InChI=1S/C23H23N5O3/c1-13(2)28-10-9-19(26-28)25-22(29)17-12-18(14-7-8-14)24-23-20(17)21(27-31-23)15-5-4-6-16(11-15)30-3/h4-6,9-14H,7-8H2,1-3H3,(H,25,26,29). The second kappa shape index (κ2) is 7.54. The number of pyridine rings is 1. The molecule has 8 heteroatoms. The van der Waals surface area contributed by atoms with Crippen LogP contribution in [0, 0.1) is 0 Å². The molecule has 31 heavy (non-hydrogen) atoms. The van der Waals surface area contributed by atoms with Crippen LogP contribution in [0.3, 0.4) is 0 Å². The lowest BCUT2D eigenvalue weighted by Gasteiger charge is -2.08. The Balaban J connectivity index is 1.60. The van der Waals surface area contributed by atoms with Crippen LogP contribution in [0.15, 0.2) is 47.1 Å². The van der Waals surface area contributed by atoms with Crippen molar-refractivity contribution >= 4 is 22.8 Å². The maximum atomic E-state index is 13.3. The Hall–Kier alpha value is -3.68. The van der Waals surface area contributed by atoms with Gasteiger partial charge in [-0.3, -0.25) is 9.48 Å². The van der Waals surface area contributed by atoms with Gasteiger partial charge >= 0.3 is 0 Å². The number of aromatic nitrogens is 4. The topological polar surface area (TPSA) is 95.1 Å². The average molecular weight is 417 g/mol. The molecule has 0 bridgehead atoms. The minimum atomic E-state index is -0.268. The summed E-state index contributed by atoms with van der Waals surface area (Å²) >= 11 is 0. The van der Waals surface area contributed by atoms with Gasteiger partial charge in [0.15, 0.2) is 5.82 Å². The number of hydrogen-bond donors (Lipinski definition) is 1. The van der Waals surface area contributed by atoms with Crippen molar-refractivity contribution in [1.82, 2.24) is 19.9 Å². The van der Waals surface area contributed by atoms with E-state index in [-0.39, 0.29) is 11.9 Å². The zero-order valence-electron chi connectivity index (χ0n) is 17.6. The molecule has 1 aromatic carbocycles. The van der Waals surface area contributed by atoms with Crippen LogP contribution in [0.4, 0.5) is 5.82 Å². The van der Waals surface area contributed by atoms with Gasteiger partial charge in [0.1, 0.15) is 11.4 Å². The highest BCUT2D eigenvalue weighted by atomic mass is 16.5. The van der Waals surface area contributed by atoms with E-state index >= 15 is 0 Å². The predicted molar refractivity (Wildman–Crippen MR) is 116 cm³/mol. The number of ether oxygens (including phenoxy) is 1. The van der Waals surface area contributed by atoms with Gasteiger partial charge in [-0.2, -0.15) is 5.10 Å². The Morgan fingerprint density at radius 2 is 2.10 bits per heavy atom. The molecule has 3 aromatic heterocycles. The van der Waals surface area contributed by atoms with Gasteiger partial charge in [-0.05, 0) is 44.9 Å². The molecule has 1 aliphatic carbocycles. The largest absolute Gasteiger partial charge is 0.497 e. The predicted octanol–water partition coefficient (Wildman–Crippen LogP) is 4.81. The molecule has 3 heterocycles. The summed E-state index contributed by atoms with van der Waals surface area (Å²) in [6, 6.07) is 11.3. The molecule has 1 N–H and O–H groups in total. The third kappa shape index (κ3) is 3.65. The van der Waals surface area contributed by atoms with Gasteiger partial charge in [-0.15, -0.1) is 0 Å². The highest BCUT2D eigenvalue weighted by Crippen LogP contribution is 2.41. The van der Waals surface area contributed by atoms with Crippen LogP contribution >= 0.6 is 0 Å². The lowest BCUT2D eigenvalue weighted by atomic mass is 10.0. The number of hydrogen-bond acceptors (Lipinski definition) is 6. The normalized spacial score (nSPS) is 13.7. The monoisotopic (exact) mass is 417 g/mol. The molecule has 0 radical (unpaired) electrons. The van der Waals surface area contributed by atoms with Crippen molar-refractivity contribution in [3.05, 3.63) is 53.9 Å². The maximum Gasteiger partial charge on any atom is 0.259 e. The van der Waals surface area contributed by atoms with E-state index in [2.05, 4.69) is 20.6 Å². The fourth-order valence-electron chi connectivity index (χ4n) is 3.58. The fraction of sp³-hybridized carbons (Fsp3) is 0.304. The van der Waals surface area contributed by atoms with Gasteiger partial charge in [0.05, 0.1) is 18.1 Å². The van der Waals surface area contributed by atoms with Crippen LogP contribution in [-0.2, 0) is 0 Å². The van der Waals surface area contributed by atoms with E-state index in [1.54, 1.807) is 17.9 Å². The smallest absolute Gasteiger partial charge is 0.259 e. The lowest BCUT2D eigenvalue weighted by Crippen LogP contribution is -2.14. The van der Waals surface area contributed by atoms with Crippen molar-refractivity contribution in [2.45, 2.75) is 38.6 Å². The van der Waals surface area contributed by atoms with Gasteiger partial charge < -0.3 is 14.6 Å². The molecule has 0 aliphatic heterocycles. The van der Waals surface area contributed by atoms with Gasteiger partial charge in [0.2, 0.25) is 0 Å². The second-order valence-corrected chi connectivity index (χ2v) is 8.04. The summed E-state index contributed by atoms with van der Waals surface area (Å²) in [7, 11) is 1.61.